The fraction of sp³-hybridized carbons (Fsp3) is 0.391. The second kappa shape index (κ2) is 7.30. The molecule has 1 aliphatic rings. The number of aromatic nitrogens is 1. The van der Waals surface area contributed by atoms with Crippen LogP contribution in [-0.2, 0) is 16.1 Å². The number of likely N-dealkylation sites (tertiary alicyclic amines) is 1. The summed E-state index contributed by atoms with van der Waals surface area (Å²) in [4.78, 5) is 27.1. The van der Waals surface area contributed by atoms with E-state index >= 15 is 0 Å². The first kappa shape index (κ1) is 18.5. The average molecular weight is 377 g/mol. The monoisotopic (exact) mass is 377 g/mol. The predicted molar refractivity (Wildman–Crippen MR) is 113 cm³/mol. The first-order valence-electron chi connectivity index (χ1n) is 10.1. The summed E-state index contributed by atoms with van der Waals surface area (Å²) < 4.78 is 2.29. The van der Waals surface area contributed by atoms with Crippen LogP contribution in [-0.4, -0.2) is 33.9 Å². The predicted octanol–water partition coefficient (Wildman–Crippen LogP) is 4.40. The minimum atomic E-state index is -0.373. The van der Waals surface area contributed by atoms with Gasteiger partial charge in [0.15, 0.2) is 0 Å². The summed E-state index contributed by atoms with van der Waals surface area (Å²) in [5, 5.41) is 5.37. The van der Waals surface area contributed by atoms with Gasteiger partial charge in [-0.1, -0.05) is 32.0 Å². The van der Waals surface area contributed by atoms with E-state index in [1.807, 2.05) is 32.0 Å². The van der Waals surface area contributed by atoms with Crippen molar-refractivity contribution in [2.45, 2.75) is 46.2 Å². The van der Waals surface area contributed by atoms with Crippen molar-refractivity contribution < 1.29 is 9.59 Å². The molecule has 0 bridgehead atoms. The molecule has 0 saturated carbocycles. The zero-order valence-corrected chi connectivity index (χ0v) is 16.7. The molecule has 0 aliphatic carbocycles. The van der Waals surface area contributed by atoms with Gasteiger partial charge in [0.05, 0.1) is 0 Å². The van der Waals surface area contributed by atoms with Gasteiger partial charge in [-0.05, 0) is 44.0 Å². The maximum Gasteiger partial charge on any atom is 0.247 e. The average Bonchev–Trinajstić information content (AvgIpc) is 3.30. The third-order valence-corrected chi connectivity index (χ3v) is 5.69. The van der Waals surface area contributed by atoms with Gasteiger partial charge in [0.2, 0.25) is 11.8 Å². The van der Waals surface area contributed by atoms with Gasteiger partial charge in [-0.3, -0.25) is 9.59 Å². The van der Waals surface area contributed by atoms with Crippen molar-refractivity contribution in [1.29, 1.82) is 0 Å². The summed E-state index contributed by atoms with van der Waals surface area (Å²) in [6.45, 7) is 7.46. The number of rotatable bonds is 4. The highest BCUT2D eigenvalue weighted by Gasteiger charge is 2.34. The van der Waals surface area contributed by atoms with E-state index in [2.05, 4.69) is 41.1 Å². The molecule has 1 fully saturated rings. The molecule has 0 radical (unpaired) electrons. The van der Waals surface area contributed by atoms with Crippen LogP contribution >= 0.6 is 0 Å². The molecule has 28 heavy (non-hydrogen) atoms. The van der Waals surface area contributed by atoms with E-state index in [-0.39, 0.29) is 23.8 Å². The van der Waals surface area contributed by atoms with Crippen LogP contribution in [0.1, 0.15) is 33.6 Å². The van der Waals surface area contributed by atoms with Crippen molar-refractivity contribution in [3.63, 3.8) is 0 Å². The standard InChI is InChI=1S/C23H27N3O2/c1-4-25-19-9-6-5-8-17(19)18-14-16(11-12-20(18)25)24-22(27)21-10-7-13-26(21)23(28)15(2)3/h5-6,8-9,11-12,14-15,21H,4,7,10,13H2,1-3H3,(H,24,27). The third kappa shape index (κ3) is 3.05. The van der Waals surface area contributed by atoms with Crippen LogP contribution in [0.5, 0.6) is 0 Å². The van der Waals surface area contributed by atoms with Crippen molar-refractivity contribution in [3.8, 4) is 0 Å². The van der Waals surface area contributed by atoms with Crippen LogP contribution in [0.2, 0.25) is 0 Å². The van der Waals surface area contributed by atoms with Crippen molar-refractivity contribution in [2.75, 3.05) is 11.9 Å². The Hall–Kier alpha value is -2.82. The number of carbonyl (C=O) groups is 2. The number of fused-ring (bicyclic) bond motifs is 3. The Labute approximate surface area is 165 Å². The molecule has 0 spiro atoms. The first-order chi connectivity index (χ1) is 13.5. The summed E-state index contributed by atoms with van der Waals surface area (Å²) in [5.74, 6) is -0.130. The lowest BCUT2D eigenvalue weighted by atomic mass is 10.1. The van der Waals surface area contributed by atoms with Gasteiger partial charge in [0, 0.05) is 46.5 Å². The van der Waals surface area contributed by atoms with E-state index in [9.17, 15) is 9.59 Å². The molecule has 1 aromatic heterocycles. The molecule has 5 nitrogen and oxygen atoms in total. The molecule has 3 aromatic rings. The van der Waals surface area contributed by atoms with Crippen molar-refractivity contribution in [3.05, 3.63) is 42.5 Å². The largest absolute Gasteiger partial charge is 0.341 e. The number of aryl methyl sites for hydroxylation is 1. The van der Waals surface area contributed by atoms with Crippen LogP contribution < -0.4 is 5.32 Å². The smallest absolute Gasteiger partial charge is 0.247 e. The molecular weight excluding hydrogens is 350 g/mol. The zero-order chi connectivity index (χ0) is 19.8. The number of benzene rings is 2. The molecule has 4 rings (SSSR count). The number of anilines is 1. The molecule has 1 unspecified atom stereocenters. The second-order valence-corrected chi connectivity index (χ2v) is 7.83. The number of amides is 2. The van der Waals surface area contributed by atoms with Gasteiger partial charge in [-0.25, -0.2) is 0 Å². The summed E-state index contributed by atoms with van der Waals surface area (Å²) in [6.07, 6.45) is 1.60. The lowest BCUT2D eigenvalue weighted by molar-refractivity contribution is -0.139. The molecule has 1 N–H and O–H groups in total. The van der Waals surface area contributed by atoms with Gasteiger partial charge in [-0.2, -0.15) is 0 Å². The minimum absolute atomic E-state index is 0.0547. The normalized spacial score (nSPS) is 17.0. The lowest BCUT2D eigenvalue weighted by Crippen LogP contribution is -2.44. The molecule has 2 aromatic carbocycles. The highest BCUT2D eigenvalue weighted by Crippen LogP contribution is 2.31. The number of carbonyl (C=O) groups excluding carboxylic acids is 2. The number of para-hydroxylation sites is 1. The molecule has 2 heterocycles. The summed E-state index contributed by atoms with van der Waals surface area (Å²) in [7, 11) is 0. The summed E-state index contributed by atoms with van der Waals surface area (Å²) in [5.41, 5.74) is 3.15. The van der Waals surface area contributed by atoms with Crippen LogP contribution in [0.25, 0.3) is 21.8 Å². The Balaban J connectivity index is 1.64. The maximum atomic E-state index is 12.9. The van der Waals surface area contributed by atoms with E-state index in [1.54, 1.807) is 4.90 Å². The fourth-order valence-corrected chi connectivity index (χ4v) is 4.33. The van der Waals surface area contributed by atoms with Crippen molar-refractivity contribution in [2.24, 2.45) is 5.92 Å². The lowest BCUT2D eigenvalue weighted by Gasteiger charge is -2.25. The Kier molecular flexibility index (Phi) is 4.84. The molecule has 146 valence electrons. The fourth-order valence-electron chi connectivity index (χ4n) is 4.33. The Bertz CT molecular complexity index is 1050. The van der Waals surface area contributed by atoms with E-state index in [1.165, 1.54) is 16.4 Å². The van der Waals surface area contributed by atoms with Crippen molar-refractivity contribution in [1.82, 2.24) is 9.47 Å². The van der Waals surface area contributed by atoms with Gasteiger partial charge < -0.3 is 14.8 Å². The topological polar surface area (TPSA) is 54.3 Å². The SMILES string of the molecule is CCn1c2ccccc2c2cc(NC(=O)C3CCCN3C(=O)C(C)C)ccc21. The first-order valence-corrected chi connectivity index (χ1v) is 10.1. The Morgan fingerprint density at radius 1 is 1.11 bits per heavy atom. The summed E-state index contributed by atoms with van der Waals surface area (Å²) >= 11 is 0. The van der Waals surface area contributed by atoms with Gasteiger partial charge in [0.25, 0.3) is 0 Å². The number of hydrogen-bond donors (Lipinski definition) is 1. The van der Waals surface area contributed by atoms with E-state index in [0.717, 1.165) is 30.5 Å². The number of hydrogen-bond acceptors (Lipinski definition) is 2. The number of nitrogens with one attached hydrogen (secondary N) is 1. The summed E-state index contributed by atoms with van der Waals surface area (Å²) in [6, 6.07) is 14.0. The van der Waals surface area contributed by atoms with Crippen LogP contribution in [0, 0.1) is 5.92 Å². The molecule has 1 saturated heterocycles. The van der Waals surface area contributed by atoms with E-state index < -0.39 is 0 Å². The molecule has 1 atom stereocenters. The molecule has 2 amide bonds. The van der Waals surface area contributed by atoms with Crippen LogP contribution in [0.4, 0.5) is 5.69 Å². The second-order valence-electron chi connectivity index (χ2n) is 7.83. The quantitative estimate of drug-likeness (QED) is 0.733. The van der Waals surface area contributed by atoms with E-state index in [4.69, 9.17) is 0 Å². The highest BCUT2D eigenvalue weighted by atomic mass is 16.2. The maximum absolute atomic E-state index is 12.9. The molecule has 1 aliphatic heterocycles. The third-order valence-electron chi connectivity index (χ3n) is 5.69. The highest BCUT2D eigenvalue weighted by molar-refractivity contribution is 6.10. The zero-order valence-electron chi connectivity index (χ0n) is 16.7. The van der Waals surface area contributed by atoms with Crippen molar-refractivity contribution >= 4 is 39.3 Å². The van der Waals surface area contributed by atoms with Gasteiger partial charge in [-0.15, -0.1) is 0 Å². The van der Waals surface area contributed by atoms with E-state index in [0.29, 0.717) is 6.54 Å². The van der Waals surface area contributed by atoms with Gasteiger partial charge >= 0.3 is 0 Å². The van der Waals surface area contributed by atoms with Crippen LogP contribution in [0.15, 0.2) is 42.5 Å². The molecular formula is C23H27N3O2. The van der Waals surface area contributed by atoms with Crippen LogP contribution in [0.3, 0.4) is 0 Å². The Morgan fingerprint density at radius 3 is 2.61 bits per heavy atom. The Morgan fingerprint density at radius 2 is 1.86 bits per heavy atom. The minimum Gasteiger partial charge on any atom is -0.341 e. The molecule has 5 heteroatoms. The van der Waals surface area contributed by atoms with Gasteiger partial charge in [0.1, 0.15) is 6.04 Å². The number of nitrogens with zero attached hydrogens (tertiary/aromatic N) is 2.